The predicted molar refractivity (Wildman–Crippen MR) is 58.9 cm³/mol. The van der Waals surface area contributed by atoms with E-state index in [4.69, 9.17) is 5.73 Å². The molecule has 1 aromatic carbocycles. The van der Waals surface area contributed by atoms with Gasteiger partial charge >= 0.3 is 0 Å². The van der Waals surface area contributed by atoms with Crippen LogP contribution in [0.2, 0.25) is 0 Å². The van der Waals surface area contributed by atoms with E-state index >= 15 is 0 Å². The molecular weight excluding hydrogens is 210 g/mol. The van der Waals surface area contributed by atoms with Crippen molar-refractivity contribution >= 4 is 10.8 Å². The lowest BCUT2D eigenvalue weighted by Crippen LogP contribution is -2.30. The van der Waals surface area contributed by atoms with Gasteiger partial charge in [-0.05, 0) is 32.0 Å². The summed E-state index contributed by atoms with van der Waals surface area (Å²) in [6.07, 6.45) is 1.12. The van der Waals surface area contributed by atoms with Crippen LogP contribution in [0.25, 0.3) is 10.8 Å². The number of pyridine rings is 1. The molecule has 0 unspecified atom stereocenters. The molecular formula is C12H12F2N2. The van der Waals surface area contributed by atoms with Crippen molar-refractivity contribution < 1.29 is 8.78 Å². The second kappa shape index (κ2) is 3.49. The smallest absolute Gasteiger partial charge is 0.149 e. The van der Waals surface area contributed by atoms with Crippen molar-refractivity contribution in [1.29, 1.82) is 0 Å². The molecule has 0 atom stereocenters. The Bertz CT molecular complexity index is 544. The number of rotatable bonds is 1. The minimum atomic E-state index is -0.736. The molecule has 2 aromatic rings. The number of hydrogen-bond acceptors (Lipinski definition) is 2. The average molecular weight is 222 g/mol. The van der Waals surface area contributed by atoms with Gasteiger partial charge in [-0.1, -0.05) is 0 Å². The first kappa shape index (κ1) is 11.0. The monoisotopic (exact) mass is 222 g/mol. The Labute approximate surface area is 92.1 Å². The molecule has 2 rings (SSSR count). The molecule has 2 N–H and O–H groups in total. The average Bonchev–Trinajstić information content (AvgIpc) is 2.15. The third-order valence-electron chi connectivity index (χ3n) is 2.41. The van der Waals surface area contributed by atoms with Crippen LogP contribution in [-0.4, -0.2) is 4.98 Å². The van der Waals surface area contributed by atoms with Crippen molar-refractivity contribution in [2.75, 3.05) is 0 Å². The molecule has 0 aliphatic rings. The van der Waals surface area contributed by atoms with E-state index in [0.29, 0.717) is 16.5 Å². The molecule has 0 amide bonds. The van der Waals surface area contributed by atoms with E-state index in [2.05, 4.69) is 4.98 Å². The van der Waals surface area contributed by atoms with Gasteiger partial charge in [-0.15, -0.1) is 0 Å². The van der Waals surface area contributed by atoms with Crippen molar-refractivity contribution in [2.45, 2.75) is 19.4 Å². The largest absolute Gasteiger partial charge is 0.321 e. The number of nitrogens with two attached hydrogens (primary N) is 1. The van der Waals surface area contributed by atoms with Gasteiger partial charge in [0.05, 0.1) is 17.4 Å². The molecule has 4 heteroatoms. The molecule has 0 saturated heterocycles. The molecule has 16 heavy (non-hydrogen) atoms. The van der Waals surface area contributed by atoms with E-state index in [-0.39, 0.29) is 0 Å². The lowest BCUT2D eigenvalue weighted by Gasteiger charge is -2.20. The van der Waals surface area contributed by atoms with Gasteiger partial charge in [0.15, 0.2) is 0 Å². The number of nitrogens with zero attached hydrogens (tertiary/aromatic N) is 1. The number of fused-ring (bicyclic) bond motifs is 1. The van der Waals surface area contributed by atoms with E-state index in [1.54, 1.807) is 13.8 Å². The maximum absolute atomic E-state index is 13.5. The van der Waals surface area contributed by atoms with Gasteiger partial charge in [0, 0.05) is 10.8 Å². The van der Waals surface area contributed by atoms with Crippen LogP contribution in [-0.2, 0) is 5.54 Å². The van der Waals surface area contributed by atoms with Gasteiger partial charge in [0.2, 0.25) is 0 Å². The molecule has 0 saturated carbocycles. The number of hydrogen-bond donors (Lipinski definition) is 1. The van der Waals surface area contributed by atoms with Crippen LogP contribution in [0.4, 0.5) is 8.78 Å². The second-order valence-corrected chi connectivity index (χ2v) is 4.37. The number of aromatic nitrogens is 1. The van der Waals surface area contributed by atoms with Gasteiger partial charge < -0.3 is 5.73 Å². The van der Waals surface area contributed by atoms with E-state index in [1.165, 1.54) is 18.2 Å². The summed E-state index contributed by atoms with van der Waals surface area (Å²) in [6.45, 7) is 3.50. The summed E-state index contributed by atoms with van der Waals surface area (Å²) in [4.78, 5) is 3.95. The van der Waals surface area contributed by atoms with Crippen LogP contribution in [0.15, 0.2) is 24.4 Å². The summed E-state index contributed by atoms with van der Waals surface area (Å²) in [5.74, 6) is -0.895. The Morgan fingerprint density at radius 1 is 1.19 bits per heavy atom. The number of halogens is 2. The molecule has 0 aliphatic carbocycles. The van der Waals surface area contributed by atoms with Crippen molar-refractivity contribution in [3.63, 3.8) is 0 Å². The van der Waals surface area contributed by atoms with E-state index in [9.17, 15) is 8.78 Å². The molecule has 2 nitrogen and oxygen atoms in total. The molecule has 0 radical (unpaired) electrons. The van der Waals surface area contributed by atoms with Crippen LogP contribution < -0.4 is 5.73 Å². The van der Waals surface area contributed by atoms with Gasteiger partial charge in [-0.25, -0.2) is 8.78 Å². The maximum Gasteiger partial charge on any atom is 0.149 e. The topological polar surface area (TPSA) is 38.9 Å². The lowest BCUT2D eigenvalue weighted by atomic mass is 9.96. The third-order valence-corrected chi connectivity index (χ3v) is 2.41. The summed E-state index contributed by atoms with van der Waals surface area (Å²) < 4.78 is 26.6. The fourth-order valence-electron chi connectivity index (χ4n) is 1.69. The second-order valence-electron chi connectivity index (χ2n) is 4.37. The summed E-state index contributed by atoms with van der Waals surface area (Å²) in [6, 6.07) is 3.88. The Hall–Kier alpha value is -1.55. The molecule has 1 heterocycles. The molecule has 0 aliphatic heterocycles. The normalized spacial score (nSPS) is 12.1. The van der Waals surface area contributed by atoms with E-state index in [1.807, 2.05) is 0 Å². The highest BCUT2D eigenvalue weighted by Crippen LogP contribution is 2.26. The molecule has 0 bridgehead atoms. The molecule has 1 aromatic heterocycles. The zero-order valence-corrected chi connectivity index (χ0v) is 9.09. The van der Waals surface area contributed by atoms with Crippen molar-refractivity contribution in [3.05, 3.63) is 41.7 Å². The Morgan fingerprint density at radius 2 is 1.88 bits per heavy atom. The SMILES string of the molecule is CC(C)(N)c1ncc(F)c2ccc(F)cc12. The first-order valence-corrected chi connectivity index (χ1v) is 4.93. The summed E-state index contributed by atoms with van der Waals surface area (Å²) >= 11 is 0. The van der Waals surface area contributed by atoms with Crippen LogP contribution in [0, 0.1) is 11.6 Å². The maximum atomic E-state index is 13.5. The Balaban J connectivity index is 2.86. The van der Waals surface area contributed by atoms with Crippen molar-refractivity contribution in [1.82, 2.24) is 4.98 Å². The summed E-state index contributed by atoms with van der Waals surface area (Å²) in [5, 5.41) is 0.762. The Kier molecular flexibility index (Phi) is 2.39. The first-order chi connectivity index (χ1) is 7.39. The van der Waals surface area contributed by atoms with Crippen LogP contribution in [0.1, 0.15) is 19.5 Å². The zero-order valence-electron chi connectivity index (χ0n) is 9.09. The first-order valence-electron chi connectivity index (χ1n) is 4.93. The minimum absolute atomic E-state index is 0.338. The van der Waals surface area contributed by atoms with Gasteiger partial charge in [0.25, 0.3) is 0 Å². The molecule has 0 spiro atoms. The van der Waals surface area contributed by atoms with Crippen molar-refractivity contribution in [3.8, 4) is 0 Å². The van der Waals surface area contributed by atoms with Crippen molar-refractivity contribution in [2.24, 2.45) is 5.73 Å². The molecule has 84 valence electrons. The third kappa shape index (κ3) is 1.76. The fraction of sp³-hybridized carbons (Fsp3) is 0.250. The highest BCUT2D eigenvalue weighted by Gasteiger charge is 2.20. The van der Waals surface area contributed by atoms with E-state index in [0.717, 1.165) is 6.20 Å². The van der Waals surface area contributed by atoms with Crippen LogP contribution in [0.5, 0.6) is 0 Å². The summed E-state index contributed by atoms with van der Waals surface area (Å²) in [5.41, 5.74) is 5.67. The van der Waals surface area contributed by atoms with Gasteiger partial charge in [-0.2, -0.15) is 0 Å². The number of benzene rings is 1. The molecule has 0 fully saturated rings. The predicted octanol–water partition coefficient (Wildman–Crippen LogP) is 2.71. The van der Waals surface area contributed by atoms with Crippen LogP contribution >= 0.6 is 0 Å². The van der Waals surface area contributed by atoms with Gasteiger partial charge in [-0.3, -0.25) is 4.98 Å². The van der Waals surface area contributed by atoms with E-state index < -0.39 is 17.2 Å². The quantitative estimate of drug-likeness (QED) is 0.805. The van der Waals surface area contributed by atoms with Gasteiger partial charge in [0.1, 0.15) is 11.6 Å². The minimum Gasteiger partial charge on any atom is -0.321 e. The standard InChI is InChI=1S/C12H12F2N2/c1-12(2,15)11-9-5-7(13)3-4-8(9)10(14)6-16-11/h3-6H,15H2,1-2H3. The highest BCUT2D eigenvalue weighted by molar-refractivity contribution is 5.85. The zero-order chi connectivity index (χ0) is 11.9. The highest BCUT2D eigenvalue weighted by atomic mass is 19.1. The summed E-state index contributed by atoms with van der Waals surface area (Å²) in [7, 11) is 0. The van der Waals surface area contributed by atoms with Crippen LogP contribution in [0.3, 0.4) is 0 Å². The fourth-order valence-corrected chi connectivity index (χ4v) is 1.69. The lowest BCUT2D eigenvalue weighted by molar-refractivity contribution is 0.536. The Morgan fingerprint density at radius 3 is 2.50 bits per heavy atom.